The second-order valence-corrected chi connectivity index (χ2v) is 5.92. The van der Waals surface area contributed by atoms with Crippen LogP contribution in [0.5, 0.6) is 0 Å². The first kappa shape index (κ1) is 16.1. The number of alkyl halides is 3. The summed E-state index contributed by atoms with van der Waals surface area (Å²) in [5, 5.41) is 0. The average molecular weight is 328 g/mol. The van der Waals surface area contributed by atoms with Crippen LogP contribution in [0, 0.1) is 5.92 Å². The lowest BCUT2D eigenvalue weighted by Gasteiger charge is -2.37. The third kappa shape index (κ3) is 3.60. The molecule has 2 aliphatic heterocycles. The molecule has 3 rings (SSSR count). The van der Waals surface area contributed by atoms with Gasteiger partial charge in [-0.1, -0.05) is 6.07 Å². The lowest BCUT2D eigenvalue weighted by Crippen LogP contribution is -2.50. The zero-order valence-corrected chi connectivity index (χ0v) is 12.7. The van der Waals surface area contributed by atoms with Gasteiger partial charge in [0.05, 0.1) is 18.1 Å². The smallest absolute Gasteiger partial charge is 0.381 e. The van der Waals surface area contributed by atoms with Crippen molar-refractivity contribution in [3.63, 3.8) is 0 Å². The van der Waals surface area contributed by atoms with Gasteiger partial charge in [-0.15, -0.1) is 0 Å². The molecule has 0 saturated carbocycles. The lowest BCUT2D eigenvalue weighted by atomic mass is 10.1. The van der Waals surface area contributed by atoms with Crippen molar-refractivity contribution in [3.8, 4) is 0 Å². The van der Waals surface area contributed by atoms with E-state index in [1.54, 1.807) is 11.0 Å². The number of carbonyl (C=O) groups excluding carboxylic acids is 1. The van der Waals surface area contributed by atoms with Crippen molar-refractivity contribution in [2.75, 3.05) is 44.3 Å². The molecule has 0 aromatic heterocycles. The van der Waals surface area contributed by atoms with E-state index in [4.69, 9.17) is 4.74 Å². The molecule has 0 radical (unpaired) electrons. The normalized spacial score (nSPS) is 22.5. The summed E-state index contributed by atoms with van der Waals surface area (Å²) in [5.74, 6) is 0.0429. The molecule has 2 saturated heterocycles. The fraction of sp³-hybridized carbons (Fsp3) is 0.562. The molecule has 2 heterocycles. The molecule has 1 aromatic rings. The summed E-state index contributed by atoms with van der Waals surface area (Å²) in [4.78, 5) is 16.0. The molecule has 1 atom stereocenters. The molecule has 1 aromatic carbocycles. The number of carbonyl (C=O) groups is 1. The number of halogens is 3. The highest BCUT2D eigenvalue weighted by Gasteiger charge is 2.32. The third-order valence-electron chi connectivity index (χ3n) is 4.41. The first-order valence-corrected chi connectivity index (χ1v) is 7.74. The van der Waals surface area contributed by atoms with Crippen molar-refractivity contribution in [2.24, 2.45) is 5.92 Å². The average Bonchev–Trinajstić information content (AvgIpc) is 3.08. The van der Waals surface area contributed by atoms with Gasteiger partial charge in [0, 0.05) is 38.5 Å². The second-order valence-electron chi connectivity index (χ2n) is 5.92. The van der Waals surface area contributed by atoms with Gasteiger partial charge in [-0.05, 0) is 24.6 Å². The number of rotatable bonds is 2. The summed E-state index contributed by atoms with van der Waals surface area (Å²) in [6.07, 6.45) is -3.58. The van der Waals surface area contributed by atoms with Gasteiger partial charge in [0.1, 0.15) is 0 Å². The summed E-state index contributed by atoms with van der Waals surface area (Å²) in [7, 11) is 0. The van der Waals surface area contributed by atoms with Gasteiger partial charge in [-0.2, -0.15) is 13.2 Å². The fourth-order valence-corrected chi connectivity index (χ4v) is 3.05. The van der Waals surface area contributed by atoms with Crippen molar-refractivity contribution in [2.45, 2.75) is 12.6 Å². The van der Waals surface area contributed by atoms with E-state index in [0.29, 0.717) is 45.1 Å². The second kappa shape index (κ2) is 6.39. The molecular formula is C16H19F3N2O2. The molecule has 0 spiro atoms. The van der Waals surface area contributed by atoms with E-state index in [9.17, 15) is 18.0 Å². The Bertz CT molecular complexity index is 563. The number of amides is 1. The maximum absolute atomic E-state index is 12.8. The summed E-state index contributed by atoms with van der Waals surface area (Å²) < 4.78 is 43.6. The van der Waals surface area contributed by atoms with E-state index in [1.807, 2.05) is 4.90 Å². The minimum atomic E-state index is -4.34. The maximum Gasteiger partial charge on any atom is 0.416 e. The van der Waals surface area contributed by atoms with Gasteiger partial charge < -0.3 is 14.5 Å². The molecule has 0 bridgehead atoms. The van der Waals surface area contributed by atoms with Crippen LogP contribution >= 0.6 is 0 Å². The number of ether oxygens (including phenoxy) is 1. The van der Waals surface area contributed by atoms with E-state index >= 15 is 0 Å². The Morgan fingerprint density at radius 2 is 1.91 bits per heavy atom. The molecule has 0 unspecified atom stereocenters. The number of piperazine rings is 1. The molecule has 23 heavy (non-hydrogen) atoms. The first-order valence-electron chi connectivity index (χ1n) is 7.74. The number of nitrogens with zero attached hydrogens (tertiary/aromatic N) is 2. The monoisotopic (exact) mass is 328 g/mol. The molecule has 0 N–H and O–H groups in total. The standard InChI is InChI=1S/C16H19F3N2O2/c17-16(18,19)13-2-1-3-14(10-13)20-5-7-21(8-6-20)15(22)12-4-9-23-11-12/h1-3,10,12H,4-9,11H2/t12-/m1/s1. The van der Waals surface area contributed by atoms with Gasteiger partial charge in [0.15, 0.2) is 0 Å². The number of hydrogen-bond donors (Lipinski definition) is 0. The Balaban J connectivity index is 1.61. The van der Waals surface area contributed by atoms with Crippen LogP contribution in [0.1, 0.15) is 12.0 Å². The predicted molar refractivity (Wildman–Crippen MR) is 79.2 cm³/mol. The van der Waals surface area contributed by atoms with E-state index in [2.05, 4.69) is 0 Å². The van der Waals surface area contributed by atoms with Gasteiger partial charge in [-0.25, -0.2) is 0 Å². The molecule has 1 amide bonds. The quantitative estimate of drug-likeness (QED) is 0.836. The van der Waals surface area contributed by atoms with Crippen molar-refractivity contribution in [1.82, 2.24) is 4.90 Å². The van der Waals surface area contributed by atoms with Crippen molar-refractivity contribution >= 4 is 11.6 Å². The van der Waals surface area contributed by atoms with Crippen LogP contribution in [0.2, 0.25) is 0 Å². The number of anilines is 1. The van der Waals surface area contributed by atoms with Crippen molar-refractivity contribution in [1.29, 1.82) is 0 Å². The molecule has 2 aliphatic rings. The Labute approximate surface area is 132 Å². The topological polar surface area (TPSA) is 32.8 Å². The summed E-state index contributed by atoms with van der Waals surface area (Å²) in [6.45, 7) is 3.26. The van der Waals surface area contributed by atoms with Crippen molar-refractivity contribution in [3.05, 3.63) is 29.8 Å². The Morgan fingerprint density at radius 1 is 1.17 bits per heavy atom. The van der Waals surface area contributed by atoms with Gasteiger partial charge in [0.25, 0.3) is 0 Å². The minimum Gasteiger partial charge on any atom is -0.381 e. The van der Waals surface area contributed by atoms with E-state index in [1.165, 1.54) is 12.1 Å². The third-order valence-corrected chi connectivity index (χ3v) is 4.41. The fourth-order valence-electron chi connectivity index (χ4n) is 3.05. The highest BCUT2D eigenvalue weighted by Crippen LogP contribution is 2.32. The zero-order chi connectivity index (χ0) is 16.4. The lowest BCUT2D eigenvalue weighted by molar-refractivity contribution is -0.137. The van der Waals surface area contributed by atoms with E-state index in [0.717, 1.165) is 12.5 Å². The van der Waals surface area contributed by atoms with Crippen LogP contribution in [-0.2, 0) is 15.7 Å². The Hall–Kier alpha value is -1.76. The predicted octanol–water partition coefficient (Wildman–Crippen LogP) is 2.39. The van der Waals surface area contributed by atoms with E-state index in [-0.39, 0.29) is 11.8 Å². The largest absolute Gasteiger partial charge is 0.416 e. The molecule has 2 fully saturated rings. The van der Waals surface area contributed by atoms with Crippen molar-refractivity contribution < 1.29 is 22.7 Å². The van der Waals surface area contributed by atoms with Gasteiger partial charge in [-0.3, -0.25) is 4.79 Å². The zero-order valence-electron chi connectivity index (χ0n) is 12.7. The maximum atomic E-state index is 12.8. The Kier molecular flexibility index (Phi) is 4.48. The molecule has 7 heteroatoms. The number of hydrogen-bond acceptors (Lipinski definition) is 3. The first-order chi connectivity index (χ1) is 10.9. The SMILES string of the molecule is O=C([C@@H]1CCOC1)N1CCN(c2cccc(C(F)(F)F)c2)CC1. The minimum absolute atomic E-state index is 0.0601. The van der Waals surface area contributed by atoms with Gasteiger partial charge in [0.2, 0.25) is 5.91 Å². The van der Waals surface area contributed by atoms with Crippen LogP contribution in [0.15, 0.2) is 24.3 Å². The highest BCUT2D eigenvalue weighted by molar-refractivity contribution is 5.79. The molecule has 0 aliphatic carbocycles. The van der Waals surface area contributed by atoms with Crippen LogP contribution in [0.25, 0.3) is 0 Å². The Morgan fingerprint density at radius 3 is 2.52 bits per heavy atom. The van der Waals surface area contributed by atoms with Crippen LogP contribution < -0.4 is 4.90 Å². The van der Waals surface area contributed by atoms with Crippen LogP contribution in [0.3, 0.4) is 0 Å². The summed E-state index contributed by atoms with van der Waals surface area (Å²) in [6, 6.07) is 5.34. The number of benzene rings is 1. The molecular weight excluding hydrogens is 309 g/mol. The molecule has 126 valence electrons. The molecule has 4 nitrogen and oxygen atoms in total. The summed E-state index contributed by atoms with van der Waals surface area (Å²) >= 11 is 0. The van der Waals surface area contributed by atoms with Crippen LogP contribution in [-0.4, -0.2) is 50.2 Å². The van der Waals surface area contributed by atoms with E-state index < -0.39 is 11.7 Å². The highest BCUT2D eigenvalue weighted by atomic mass is 19.4. The van der Waals surface area contributed by atoms with Gasteiger partial charge >= 0.3 is 6.18 Å². The van der Waals surface area contributed by atoms with Crippen LogP contribution in [0.4, 0.5) is 18.9 Å². The summed E-state index contributed by atoms with van der Waals surface area (Å²) in [5.41, 5.74) is -0.0901.